The molecule has 2 aliphatic rings. The Hall–Kier alpha value is -2.37. The molecule has 0 spiro atoms. The molecule has 2 fully saturated rings. The van der Waals surface area contributed by atoms with Crippen molar-refractivity contribution in [3.8, 4) is 5.75 Å². The molecule has 5 nitrogen and oxygen atoms in total. The molecule has 0 aromatic heterocycles. The van der Waals surface area contributed by atoms with Crippen molar-refractivity contribution >= 4 is 5.91 Å². The lowest BCUT2D eigenvalue weighted by atomic mass is 9.95. The molecule has 1 amide bonds. The molecule has 2 saturated heterocycles. The Labute approximate surface area is 199 Å². The lowest BCUT2D eigenvalue weighted by Crippen LogP contribution is -2.40. The van der Waals surface area contributed by atoms with Gasteiger partial charge in [-0.25, -0.2) is 0 Å². The van der Waals surface area contributed by atoms with Gasteiger partial charge in [0.05, 0.1) is 7.11 Å². The second-order valence-corrected chi connectivity index (χ2v) is 9.92. The summed E-state index contributed by atoms with van der Waals surface area (Å²) in [5.74, 6) is 2.02. The fraction of sp³-hybridized carbons (Fsp3) is 0.536. The van der Waals surface area contributed by atoms with Crippen LogP contribution in [0.2, 0.25) is 0 Å². The van der Waals surface area contributed by atoms with Crippen molar-refractivity contribution < 1.29 is 9.53 Å². The van der Waals surface area contributed by atoms with Crippen LogP contribution >= 0.6 is 0 Å². The summed E-state index contributed by atoms with van der Waals surface area (Å²) in [6.45, 7) is 9.24. The molecule has 0 radical (unpaired) electrons. The summed E-state index contributed by atoms with van der Waals surface area (Å²) in [4.78, 5) is 17.7. The third-order valence-electron chi connectivity index (χ3n) is 7.14. The van der Waals surface area contributed by atoms with Crippen molar-refractivity contribution in [1.29, 1.82) is 0 Å². The summed E-state index contributed by atoms with van der Waals surface area (Å²) in [6.07, 6.45) is 4.51. The van der Waals surface area contributed by atoms with Gasteiger partial charge in [0.15, 0.2) is 0 Å². The van der Waals surface area contributed by atoms with E-state index in [1.54, 1.807) is 7.11 Å². The Bertz CT molecular complexity index is 890. The summed E-state index contributed by atoms with van der Waals surface area (Å²) in [6, 6.07) is 17.0. The zero-order valence-electron chi connectivity index (χ0n) is 20.3. The van der Waals surface area contributed by atoms with Gasteiger partial charge in [-0.1, -0.05) is 43.3 Å². The largest absolute Gasteiger partial charge is 0.497 e. The Morgan fingerprint density at radius 3 is 2.39 bits per heavy atom. The van der Waals surface area contributed by atoms with Crippen LogP contribution in [0.4, 0.5) is 0 Å². The minimum absolute atomic E-state index is 0.118. The number of hydrogen-bond acceptors (Lipinski definition) is 4. The van der Waals surface area contributed by atoms with E-state index in [1.807, 2.05) is 12.1 Å². The number of nitrogens with zero attached hydrogens (tertiary/aromatic N) is 2. The molecular formula is C28H39N3O2. The van der Waals surface area contributed by atoms with E-state index in [0.29, 0.717) is 6.54 Å². The fourth-order valence-corrected chi connectivity index (χ4v) is 5.17. The second kappa shape index (κ2) is 11.7. The van der Waals surface area contributed by atoms with Gasteiger partial charge in [-0.15, -0.1) is 0 Å². The Balaban J connectivity index is 1.18. The molecule has 1 atom stereocenters. The van der Waals surface area contributed by atoms with Crippen molar-refractivity contribution in [3.63, 3.8) is 0 Å². The molecule has 5 heteroatoms. The molecule has 2 aromatic carbocycles. The lowest BCUT2D eigenvalue weighted by molar-refractivity contribution is -0.126. The monoisotopic (exact) mass is 449 g/mol. The summed E-state index contributed by atoms with van der Waals surface area (Å²) < 4.78 is 5.33. The molecule has 178 valence electrons. The molecule has 2 aromatic rings. The number of amides is 1. The summed E-state index contributed by atoms with van der Waals surface area (Å²) >= 11 is 0. The van der Waals surface area contributed by atoms with Crippen LogP contribution in [0.5, 0.6) is 5.75 Å². The van der Waals surface area contributed by atoms with Gasteiger partial charge in [0.25, 0.3) is 0 Å². The number of carbonyl (C=O) groups excluding carboxylic acids is 1. The van der Waals surface area contributed by atoms with E-state index in [9.17, 15) is 4.79 Å². The highest BCUT2D eigenvalue weighted by atomic mass is 16.5. The maximum absolute atomic E-state index is 12.7. The molecule has 2 aliphatic heterocycles. The SMILES string of the molecule is COc1cccc(CN2CCC(C(=O)NCc3ccc(CN4CCCC(C)C4)cc3)CC2)c1. The minimum Gasteiger partial charge on any atom is -0.497 e. The minimum atomic E-state index is 0.118. The first-order valence-electron chi connectivity index (χ1n) is 12.5. The first-order chi connectivity index (χ1) is 16.1. The Kier molecular flexibility index (Phi) is 8.40. The summed E-state index contributed by atoms with van der Waals surface area (Å²) in [7, 11) is 1.70. The van der Waals surface area contributed by atoms with Crippen LogP contribution < -0.4 is 10.1 Å². The molecule has 4 rings (SSSR count). The fourth-order valence-electron chi connectivity index (χ4n) is 5.17. The van der Waals surface area contributed by atoms with E-state index in [1.165, 1.54) is 42.6 Å². The number of hydrogen-bond donors (Lipinski definition) is 1. The normalized spacial score (nSPS) is 20.5. The van der Waals surface area contributed by atoms with Gasteiger partial charge in [0, 0.05) is 32.1 Å². The molecule has 33 heavy (non-hydrogen) atoms. The third-order valence-corrected chi connectivity index (χ3v) is 7.14. The van der Waals surface area contributed by atoms with Crippen LogP contribution in [0.15, 0.2) is 48.5 Å². The number of likely N-dealkylation sites (tertiary alicyclic amines) is 2. The van der Waals surface area contributed by atoms with Crippen LogP contribution in [-0.4, -0.2) is 49.0 Å². The van der Waals surface area contributed by atoms with Crippen molar-refractivity contribution in [3.05, 3.63) is 65.2 Å². The highest BCUT2D eigenvalue weighted by molar-refractivity contribution is 5.78. The van der Waals surface area contributed by atoms with Crippen molar-refractivity contribution in [1.82, 2.24) is 15.1 Å². The van der Waals surface area contributed by atoms with Crippen molar-refractivity contribution in [2.24, 2.45) is 11.8 Å². The van der Waals surface area contributed by atoms with E-state index in [-0.39, 0.29) is 11.8 Å². The molecule has 2 heterocycles. The van der Waals surface area contributed by atoms with E-state index in [2.05, 4.69) is 58.4 Å². The number of rotatable bonds is 8. The average Bonchev–Trinajstić information content (AvgIpc) is 2.84. The highest BCUT2D eigenvalue weighted by Crippen LogP contribution is 2.21. The highest BCUT2D eigenvalue weighted by Gasteiger charge is 2.25. The van der Waals surface area contributed by atoms with Gasteiger partial charge in [0.2, 0.25) is 5.91 Å². The molecule has 0 saturated carbocycles. The predicted octanol–water partition coefficient (Wildman–Crippen LogP) is 4.46. The maximum Gasteiger partial charge on any atom is 0.223 e. The van der Waals surface area contributed by atoms with Gasteiger partial charge in [0.1, 0.15) is 5.75 Å². The molecular weight excluding hydrogens is 410 g/mol. The summed E-state index contributed by atoms with van der Waals surface area (Å²) in [5, 5.41) is 3.17. The molecule has 1 unspecified atom stereocenters. The van der Waals surface area contributed by atoms with E-state index in [0.717, 1.165) is 50.7 Å². The first-order valence-corrected chi connectivity index (χ1v) is 12.5. The van der Waals surface area contributed by atoms with E-state index < -0.39 is 0 Å². The molecule has 0 bridgehead atoms. The number of methoxy groups -OCH3 is 1. The number of benzene rings is 2. The van der Waals surface area contributed by atoms with Crippen LogP contribution in [0.25, 0.3) is 0 Å². The topological polar surface area (TPSA) is 44.8 Å². The number of piperidine rings is 2. The van der Waals surface area contributed by atoms with Crippen LogP contribution in [0.1, 0.15) is 49.3 Å². The molecule has 0 aliphatic carbocycles. The van der Waals surface area contributed by atoms with Gasteiger partial charge in [-0.2, -0.15) is 0 Å². The maximum atomic E-state index is 12.7. The zero-order valence-corrected chi connectivity index (χ0v) is 20.3. The number of carbonyl (C=O) groups is 1. The van der Waals surface area contributed by atoms with Gasteiger partial charge in [-0.3, -0.25) is 14.6 Å². The third kappa shape index (κ3) is 7.05. The van der Waals surface area contributed by atoms with E-state index >= 15 is 0 Å². The average molecular weight is 450 g/mol. The quantitative estimate of drug-likeness (QED) is 0.647. The predicted molar refractivity (Wildman–Crippen MR) is 133 cm³/mol. The Morgan fingerprint density at radius 2 is 1.67 bits per heavy atom. The second-order valence-electron chi connectivity index (χ2n) is 9.92. The van der Waals surface area contributed by atoms with Crippen molar-refractivity contribution in [2.75, 3.05) is 33.3 Å². The van der Waals surface area contributed by atoms with Gasteiger partial charge < -0.3 is 10.1 Å². The van der Waals surface area contributed by atoms with Gasteiger partial charge >= 0.3 is 0 Å². The smallest absolute Gasteiger partial charge is 0.223 e. The van der Waals surface area contributed by atoms with Crippen LogP contribution in [0, 0.1) is 11.8 Å². The first kappa shape index (κ1) is 23.8. The summed E-state index contributed by atoms with van der Waals surface area (Å²) in [5.41, 5.74) is 3.80. The van der Waals surface area contributed by atoms with Crippen LogP contribution in [0.3, 0.4) is 0 Å². The van der Waals surface area contributed by atoms with E-state index in [4.69, 9.17) is 4.74 Å². The molecule has 1 N–H and O–H groups in total. The van der Waals surface area contributed by atoms with Crippen molar-refractivity contribution in [2.45, 2.75) is 52.2 Å². The number of nitrogens with one attached hydrogen (secondary N) is 1. The Morgan fingerprint density at radius 1 is 0.939 bits per heavy atom. The number of ether oxygens (including phenoxy) is 1. The standard InChI is InChI=1S/C28H39N3O2/c1-22-5-4-14-31(19-22)20-24-10-8-23(9-11-24)18-29-28(32)26-12-15-30(16-13-26)21-25-6-3-7-27(17-25)33-2/h3,6-11,17,22,26H,4-5,12-16,18-21H2,1-2H3,(H,29,32). The lowest BCUT2D eigenvalue weighted by Gasteiger charge is -2.31. The van der Waals surface area contributed by atoms with Gasteiger partial charge in [-0.05, 0) is 80.1 Å². The zero-order chi connectivity index (χ0) is 23.0. The van der Waals surface area contributed by atoms with Crippen LogP contribution in [-0.2, 0) is 24.4 Å².